The van der Waals surface area contributed by atoms with Crippen molar-refractivity contribution in [1.29, 1.82) is 0 Å². The highest BCUT2D eigenvalue weighted by Crippen LogP contribution is 2.11. The first kappa shape index (κ1) is 10.9. The molecule has 13 heavy (non-hydrogen) atoms. The summed E-state index contributed by atoms with van der Waals surface area (Å²) in [6.45, 7) is 5.38. The number of rotatable bonds is 5. The predicted molar refractivity (Wildman–Crippen MR) is 61.5 cm³/mol. The first-order valence-corrected chi connectivity index (χ1v) is 6.25. The predicted octanol–water partition coefficient (Wildman–Crippen LogP) is 2.65. The smallest absolute Gasteiger partial charge is 0.156 e. The fourth-order valence-electron chi connectivity index (χ4n) is 1.31. The third-order valence-corrected chi connectivity index (χ3v) is 3.13. The number of amidine groups is 1. The van der Waals surface area contributed by atoms with Crippen molar-refractivity contribution in [2.75, 3.05) is 12.3 Å². The summed E-state index contributed by atoms with van der Waals surface area (Å²) in [7, 11) is 0. The van der Waals surface area contributed by atoms with E-state index in [-0.39, 0.29) is 0 Å². The Morgan fingerprint density at radius 1 is 1.46 bits per heavy atom. The SMILES string of the molecule is CCCCCCSC1=NCC(C)N1. The number of thioether (sulfide) groups is 1. The number of aliphatic imine (C=N–C) groups is 1. The highest BCUT2D eigenvalue weighted by Gasteiger charge is 2.11. The van der Waals surface area contributed by atoms with Crippen LogP contribution >= 0.6 is 11.8 Å². The van der Waals surface area contributed by atoms with Gasteiger partial charge in [-0.15, -0.1) is 0 Å². The van der Waals surface area contributed by atoms with Gasteiger partial charge in [-0.1, -0.05) is 37.9 Å². The zero-order valence-corrected chi connectivity index (χ0v) is 9.49. The quantitative estimate of drug-likeness (QED) is 0.690. The van der Waals surface area contributed by atoms with Crippen LogP contribution in [-0.4, -0.2) is 23.5 Å². The van der Waals surface area contributed by atoms with Gasteiger partial charge in [0.25, 0.3) is 0 Å². The fraction of sp³-hybridized carbons (Fsp3) is 0.900. The molecule has 0 bridgehead atoms. The molecule has 1 heterocycles. The van der Waals surface area contributed by atoms with Crippen LogP contribution in [0, 0.1) is 0 Å². The molecule has 1 rings (SSSR count). The van der Waals surface area contributed by atoms with Crippen molar-refractivity contribution in [3.05, 3.63) is 0 Å². The number of nitrogens with one attached hydrogen (secondary N) is 1. The summed E-state index contributed by atoms with van der Waals surface area (Å²) >= 11 is 1.88. The highest BCUT2D eigenvalue weighted by atomic mass is 32.2. The molecule has 0 radical (unpaired) electrons. The maximum Gasteiger partial charge on any atom is 0.156 e. The van der Waals surface area contributed by atoms with Crippen LogP contribution in [0.2, 0.25) is 0 Å². The number of unbranched alkanes of at least 4 members (excludes halogenated alkanes) is 3. The minimum Gasteiger partial charge on any atom is -0.361 e. The van der Waals surface area contributed by atoms with Crippen LogP contribution in [0.25, 0.3) is 0 Å². The Labute approximate surface area is 85.6 Å². The summed E-state index contributed by atoms with van der Waals surface area (Å²) in [6, 6.07) is 0.554. The second kappa shape index (κ2) is 6.30. The molecule has 1 N–H and O–H groups in total. The van der Waals surface area contributed by atoms with Crippen LogP contribution in [0.3, 0.4) is 0 Å². The largest absolute Gasteiger partial charge is 0.361 e. The Morgan fingerprint density at radius 3 is 2.92 bits per heavy atom. The average molecular weight is 200 g/mol. The second-order valence-electron chi connectivity index (χ2n) is 3.60. The van der Waals surface area contributed by atoms with E-state index >= 15 is 0 Å². The van der Waals surface area contributed by atoms with E-state index < -0.39 is 0 Å². The molecule has 0 aromatic rings. The van der Waals surface area contributed by atoms with Gasteiger partial charge in [-0.25, -0.2) is 0 Å². The Hall–Kier alpha value is -0.180. The lowest BCUT2D eigenvalue weighted by atomic mass is 10.2. The summed E-state index contributed by atoms with van der Waals surface area (Å²) < 4.78 is 0. The number of hydrogen-bond donors (Lipinski definition) is 1. The fourth-order valence-corrected chi connectivity index (χ4v) is 2.30. The molecule has 0 aromatic carbocycles. The van der Waals surface area contributed by atoms with E-state index in [1.165, 1.54) is 31.4 Å². The Balaban J connectivity index is 1.94. The van der Waals surface area contributed by atoms with Crippen LogP contribution in [0.1, 0.15) is 39.5 Å². The van der Waals surface area contributed by atoms with Gasteiger partial charge in [0.05, 0.1) is 6.54 Å². The third-order valence-electron chi connectivity index (χ3n) is 2.12. The van der Waals surface area contributed by atoms with Gasteiger partial charge in [-0.2, -0.15) is 0 Å². The summed E-state index contributed by atoms with van der Waals surface area (Å²) in [5, 5.41) is 4.51. The van der Waals surface area contributed by atoms with Gasteiger partial charge in [0, 0.05) is 11.8 Å². The van der Waals surface area contributed by atoms with Gasteiger partial charge in [0.1, 0.15) is 0 Å². The van der Waals surface area contributed by atoms with E-state index in [2.05, 4.69) is 24.2 Å². The van der Waals surface area contributed by atoms with E-state index in [1.807, 2.05) is 11.8 Å². The summed E-state index contributed by atoms with van der Waals surface area (Å²) in [5.74, 6) is 1.22. The third kappa shape index (κ3) is 4.55. The van der Waals surface area contributed by atoms with Crippen LogP contribution in [-0.2, 0) is 0 Å². The van der Waals surface area contributed by atoms with E-state index in [0.717, 1.165) is 11.7 Å². The van der Waals surface area contributed by atoms with E-state index in [1.54, 1.807) is 0 Å². The van der Waals surface area contributed by atoms with Gasteiger partial charge in [-0.3, -0.25) is 4.99 Å². The standard InChI is InChI=1S/C10H20N2S/c1-3-4-5-6-7-13-10-11-8-9(2)12-10/h9H,3-8H2,1-2H3,(H,11,12). The molecule has 1 atom stereocenters. The van der Waals surface area contributed by atoms with Crippen LogP contribution < -0.4 is 5.32 Å². The molecular weight excluding hydrogens is 180 g/mol. The highest BCUT2D eigenvalue weighted by molar-refractivity contribution is 8.13. The first-order valence-electron chi connectivity index (χ1n) is 5.26. The molecule has 0 fully saturated rings. The van der Waals surface area contributed by atoms with Crippen LogP contribution in [0.15, 0.2) is 4.99 Å². The number of nitrogens with zero attached hydrogens (tertiary/aromatic N) is 1. The summed E-state index contributed by atoms with van der Waals surface area (Å²) in [6.07, 6.45) is 5.39. The average Bonchev–Trinajstić information content (AvgIpc) is 2.51. The number of hydrogen-bond acceptors (Lipinski definition) is 3. The van der Waals surface area contributed by atoms with Crippen LogP contribution in [0.5, 0.6) is 0 Å². The van der Waals surface area contributed by atoms with Crippen molar-refractivity contribution in [1.82, 2.24) is 5.32 Å². The van der Waals surface area contributed by atoms with Gasteiger partial charge in [0.2, 0.25) is 0 Å². The zero-order chi connectivity index (χ0) is 9.52. The van der Waals surface area contributed by atoms with Crippen molar-refractivity contribution in [3.8, 4) is 0 Å². The molecule has 0 aromatic heterocycles. The Morgan fingerprint density at radius 2 is 2.31 bits per heavy atom. The normalized spacial score (nSPS) is 21.4. The maximum atomic E-state index is 4.40. The minimum atomic E-state index is 0.554. The van der Waals surface area contributed by atoms with Gasteiger partial charge in [0.15, 0.2) is 5.17 Å². The molecule has 0 amide bonds. The summed E-state index contributed by atoms with van der Waals surface area (Å²) in [5.41, 5.74) is 0. The van der Waals surface area contributed by atoms with Gasteiger partial charge in [-0.05, 0) is 13.3 Å². The topological polar surface area (TPSA) is 24.4 Å². The van der Waals surface area contributed by atoms with Crippen LogP contribution in [0.4, 0.5) is 0 Å². The minimum absolute atomic E-state index is 0.554. The van der Waals surface area contributed by atoms with E-state index in [9.17, 15) is 0 Å². The lowest BCUT2D eigenvalue weighted by Gasteiger charge is -2.04. The van der Waals surface area contributed by atoms with Crippen molar-refractivity contribution >= 4 is 16.9 Å². The van der Waals surface area contributed by atoms with E-state index in [0.29, 0.717) is 6.04 Å². The molecule has 2 nitrogen and oxygen atoms in total. The lowest BCUT2D eigenvalue weighted by molar-refractivity contribution is 0.706. The lowest BCUT2D eigenvalue weighted by Crippen LogP contribution is -2.25. The molecule has 1 aliphatic rings. The Kier molecular flexibility index (Phi) is 5.28. The van der Waals surface area contributed by atoms with Crippen molar-refractivity contribution in [3.63, 3.8) is 0 Å². The van der Waals surface area contributed by atoms with E-state index in [4.69, 9.17) is 0 Å². The first-order chi connectivity index (χ1) is 6.33. The molecule has 0 saturated carbocycles. The Bertz CT molecular complexity index is 168. The molecule has 0 spiro atoms. The second-order valence-corrected chi connectivity index (χ2v) is 4.68. The maximum absolute atomic E-state index is 4.40. The van der Waals surface area contributed by atoms with Crippen molar-refractivity contribution in [2.45, 2.75) is 45.6 Å². The molecule has 1 unspecified atom stereocenters. The molecule has 0 saturated heterocycles. The molecule has 1 aliphatic heterocycles. The summed E-state index contributed by atoms with van der Waals surface area (Å²) in [4.78, 5) is 4.40. The molecule has 3 heteroatoms. The molecular formula is C10H20N2S. The van der Waals surface area contributed by atoms with Crippen molar-refractivity contribution in [2.24, 2.45) is 4.99 Å². The molecule has 76 valence electrons. The van der Waals surface area contributed by atoms with Gasteiger partial charge >= 0.3 is 0 Å². The zero-order valence-electron chi connectivity index (χ0n) is 8.68. The van der Waals surface area contributed by atoms with Crippen molar-refractivity contribution < 1.29 is 0 Å². The van der Waals surface area contributed by atoms with Gasteiger partial charge < -0.3 is 5.32 Å². The molecule has 0 aliphatic carbocycles. The monoisotopic (exact) mass is 200 g/mol.